The number of amides is 1. The predicted molar refractivity (Wildman–Crippen MR) is 76.7 cm³/mol. The maximum absolute atomic E-state index is 12.4. The van der Waals surface area contributed by atoms with Crippen LogP contribution in [-0.2, 0) is 4.79 Å². The Balaban J connectivity index is 1.99. The maximum atomic E-state index is 12.4. The molecule has 1 aliphatic rings. The molecular weight excluding hydrogens is 238 g/mol. The van der Waals surface area contributed by atoms with E-state index in [1.165, 1.54) is 0 Å². The van der Waals surface area contributed by atoms with Gasteiger partial charge in [-0.15, -0.1) is 0 Å². The van der Waals surface area contributed by atoms with Crippen molar-refractivity contribution in [3.63, 3.8) is 0 Å². The third-order valence-electron chi connectivity index (χ3n) is 4.01. The van der Waals surface area contributed by atoms with Gasteiger partial charge in [0, 0.05) is 13.1 Å². The van der Waals surface area contributed by atoms with Crippen molar-refractivity contribution in [2.75, 3.05) is 27.2 Å². The summed E-state index contributed by atoms with van der Waals surface area (Å²) < 4.78 is 0. The lowest BCUT2D eigenvalue weighted by atomic mass is 10.0. The molecule has 1 saturated heterocycles. The summed E-state index contributed by atoms with van der Waals surface area (Å²) in [7, 11) is 3.99. The van der Waals surface area contributed by atoms with Gasteiger partial charge in [-0.3, -0.25) is 4.79 Å². The summed E-state index contributed by atoms with van der Waals surface area (Å²) in [4.78, 5) is 16.5. The van der Waals surface area contributed by atoms with Crippen molar-refractivity contribution in [1.82, 2.24) is 9.80 Å². The van der Waals surface area contributed by atoms with Crippen molar-refractivity contribution in [2.24, 2.45) is 5.73 Å². The van der Waals surface area contributed by atoms with Crippen LogP contribution >= 0.6 is 0 Å². The molecule has 0 aliphatic carbocycles. The van der Waals surface area contributed by atoms with Crippen LogP contribution in [0.3, 0.4) is 0 Å². The van der Waals surface area contributed by atoms with E-state index in [9.17, 15) is 4.79 Å². The third kappa shape index (κ3) is 3.33. The van der Waals surface area contributed by atoms with E-state index < -0.39 is 6.04 Å². The van der Waals surface area contributed by atoms with Crippen LogP contribution in [-0.4, -0.2) is 48.9 Å². The number of rotatable bonds is 3. The van der Waals surface area contributed by atoms with Crippen LogP contribution in [0.5, 0.6) is 0 Å². The average Bonchev–Trinajstić information content (AvgIpc) is 2.46. The van der Waals surface area contributed by atoms with Crippen LogP contribution in [0.4, 0.5) is 0 Å². The van der Waals surface area contributed by atoms with Gasteiger partial charge in [-0.1, -0.05) is 30.3 Å². The maximum Gasteiger partial charge on any atom is 0.244 e. The second kappa shape index (κ2) is 6.17. The highest BCUT2D eigenvalue weighted by Crippen LogP contribution is 2.18. The molecule has 2 N–H and O–H groups in total. The van der Waals surface area contributed by atoms with Gasteiger partial charge in [0.2, 0.25) is 5.91 Å². The first-order chi connectivity index (χ1) is 9.09. The van der Waals surface area contributed by atoms with Gasteiger partial charge < -0.3 is 15.5 Å². The molecule has 1 aromatic rings. The Labute approximate surface area is 115 Å². The van der Waals surface area contributed by atoms with E-state index in [1.807, 2.05) is 42.3 Å². The molecule has 4 nitrogen and oxygen atoms in total. The van der Waals surface area contributed by atoms with Crippen molar-refractivity contribution in [1.29, 1.82) is 0 Å². The number of likely N-dealkylation sites (tertiary alicyclic amines) is 1. The number of carbonyl (C=O) groups excluding carboxylic acids is 1. The molecule has 19 heavy (non-hydrogen) atoms. The smallest absolute Gasteiger partial charge is 0.244 e. The van der Waals surface area contributed by atoms with Crippen molar-refractivity contribution in [3.8, 4) is 0 Å². The second-order valence-electron chi connectivity index (χ2n) is 5.37. The molecule has 1 heterocycles. The molecule has 0 aromatic heterocycles. The fourth-order valence-corrected chi connectivity index (χ4v) is 2.58. The van der Waals surface area contributed by atoms with E-state index in [0.717, 1.165) is 31.5 Å². The summed E-state index contributed by atoms with van der Waals surface area (Å²) in [5.41, 5.74) is 6.95. The van der Waals surface area contributed by atoms with E-state index in [1.54, 1.807) is 0 Å². The average molecular weight is 261 g/mol. The van der Waals surface area contributed by atoms with Crippen molar-refractivity contribution in [3.05, 3.63) is 35.9 Å². The number of piperidine rings is 1. The predicted octanol–water partition coefficient (Wildman–Crippen LogP) is 1.24. The minimum absolute atomic E-state index is 0.0146. The van der Waals surface area contributed by atoms with Crippen molar-refractivity contribution < 1.29 is 4.79 Å². The number of likely N-dealkylation sites (N-methyl/N-ethyl adjacent to an activating group) is 1. The molecule has 0 spiro atoms. The van der Waals surface area contributed by atoms with Gasteiger partial charge in [-0.2, -0.15) is 0 Å². The fraction of sp³-hybridized carbons (Fsp3) is 0.533. The third-order valence-corrected chi connectivity index (χ3v) is 4.01. The zero-order valence-corrected chi connectivity index (χ0v) is 11.7. The van der Waals surface area contributed by atoms with Crippen LogP contribution < -0.4 is 5.73 Å². The highest BCUT2D eigenvalue weighted by molar-refractivity contribution is 5.83. The first-order valence-electron chi connectivity index (χ1n) is 6.85. The van der Waals surface area contributed by atoms with Crippen molar-refractivity contribution >= 4 is 5.91 Å². The zero-order valence-electron chi connectivity index (χ0n) is 11.7. The number of carbonyl (C=O) groups is 1. The monoisotopic (exact) mass is 261 g/mol. The minimum atomic E-state index is -0.550. The molecule has 1 aromatic carbocycles. The molecular formula is C15H23N3O. The Hall–Kier alpha value is -1.39. The number of nitrogens with two attached hydrogens (primary N) is 1. The topological polar surface area (TPSA) is 49.6 Å². The number of benzene rings is 1. The molecule has 1 atom stereocenters. The van der Waals surface area contributed by atoms with Crippen LogP contribution in [0.15, 0.2) is 30.3 Å². The van der Waals surface area contributed by atoms with Crippen LogP contribution in [0.25, 0.3) is 0 Å². The largest absolute Gasteiger partial charge is 0.341 e. The van der Waals surface area contributed by atoms with Gasteiger partial charge in [0.25, 0.3) is 0 Å². The second-order valence-corrected chi connectivity index (χ2v) is 5.37. The van der Waals surface area contributed by atoms with Crippen LogP contribution in [0.1, 0.15) is 24.4 Å². The molecule has 0 unspecified atom stereocenters. The number of hydrogen-bond acceptors (Lipinski definition) is 3. The Kier molecular flexibility index (Phi) is 4.56. The molecule has 4 heteroatoms. The van der Waals surface area contributed by atoms with E-state index in [0.29, 0.717) is 6.04 Å². The summed E-state index contributed by atoms with van der Waals surface area (Å²) in [6.07, 6.45) is 2.06. The van der Waals surface area contributed by atoms with Crippen molar-refractivity contribution in [2.45, 2.75) is 24.9 Å². The minimum Gasteiger partial charge on any atom is -0.341 e. The van der Waals surface area contributed by atoms with E-state index in [4.69, 9.17) is 5.73 Å². The van der Waals surface area contributed by atoms with Crippen LogP contribution in [0.2, 0.25) is 0 Å². The van der Waals surface area contributed by atoms with E-state index in [2.05, 4.69) is 11.9 Å². The molecule has 1 fully saturated rings. The Morgan fingerprint density at radius 3 is 2.47 bits per heavy atom. The zero-order chi connectivity index (χ0) is 13.8. The Morgan fingerprint density at radius 2 is 1.89 bits per heavy atom. The quantitative estimate of drug-likeness (QED) is 0.890. The molecule has 1 aliphatic heterocycles. The first kappa shape index (κ1) is 14.0. The van der Waals surface area contributed by atoms with Gasteiger partial charge in [0.05, 0.1) is 0 Å². The highest BCUT2D eigenvalue weighted by Gasteiger charge is 2.27. The van der Waals surface area contributed by atoms with Gasteiger partial charge in [0.15, 0.2) is 0 Å². The summed E-state index contributed by atoms with van der Waals surface area (Å²) >= 11 is 0. The van der Waals surface area contributed by atoms with Crippen LogP contribution in [0, 0.1) is 0 Å². The lowest BCUT2D eigenvalue weighted by Crippen LogP contribution is -2.47. The molecule has 0 radical (unpaired) electrons. The van der Waals surface area contributed by atoms with Gasteiger partial charge >= 0.3 is 0 Å². The normalized spacial score (nSPS) is 19.1. The highest BCUT2D eigenvalue weighted by atomic mass is 16.2. The fourth-order valence-electron chi connectivity index (χ4n) is 2.58. The SMILES string of the molecule is CN1CCC(N(C)C(=O)[C@@H](N)c2ccccc2)CC1. The van der Waals surface area contributed by atoms with E-state index in [-0.39, 0.29) is 5.91 Å². The molecule has 0 bridgehead atoms. The van der Waals surface area contributed by atoms with Gasteiger partial charge in [-0.05, 0) is 38.5 Å². The molecule has 1 amide bonds. The van der Waals surface area contributed by atoms with Gasteiger partial charge in [0.1, 0.15) is 6.04 Å². The Morgan fingerprint density at radius 1 is 1.32 bits per heavy atom. The molecule has 2 rings (SSSR count). The van der Waals surface area contributed by atoms with Gasteiger partial charge in [-0.25, -0.2) is 0 Å². The van der Waals surface area contributed by atoms with E-state index >= 15 is 0 Å². The Bertz CT molecular complexity index is 413. The number of nitrogens with zero attached hydrogens (tertiary/aromatic N) is 2. The standard InChI is InChI=1S/C15H23N3O/c1-17-10-8-13(9-11-17)18(2)15(19)14(16)12-6-4-3-5-7-12/h3-7,13-14H,8-11,16H2,1-2H3/t14-/m0/s1. The summed E-state index contributed by atoms with van der Waals surface area (Å²) in [6, 6.07) is 9.34. The summed E-state index contributed by atoms with van der Waals surface area (Å²) in [5, 5.41) is 0. The molecule has 0 saturated carbocycles. The lowest BCUT2D eigenvalue weighted by Gasteiger charge is -2.36. The summed E-state index contributed by atoms with van der Waals surface area (Å²) in [5.74, 6) is 0.0146. The first-order valence-corrected chi connectivity index (χ1v) is 6.85. The summed E-state index contributed by atoms with van der Waals surface area (Å²) in [6.45, 7) is 2.09. The number of hydrogen-bond donors (Lipinski definition) is 1. The lowest BCUT2D eigenvalue weighted by molar-refractivity contribution is -0.134. The molecule has 104 valence electrons.